The number of imide groups is 1. The Morgan fingerprint density at radius 2 is 1.88 bits per heavy atom. The second-order valence-electron chi connectivity index (χ2n) is 6.76. The van der Waals surface area contributed by atoms with Crippen LogP contribution in [0.2, 0.25) is 0 Å². The summed E-state index contributed by atoms with van der Waals surface area (Å²) in [5, 5.41) is 2.42. The zero-order valence-electron chi connectivity index (χ0n) is 15.6. The molecule has 8 nitrogen and oxygen atoms in total. The minimum Gasteiger partial charge on any atom is -0.460 e. The van der Waals surface area contributed by atoms with Crippen LogP contribution in [-0.4, -0.2) is 55.1 Å². The molecule has 1 rings (SSSR count). The summed E-state index contributed by atoms with van der Waals surface area (Å²) in [4.78, 5) is 48.2. The van der Waals surface area contributed by atoms with Crippen molar-refractivity contribution in [1.82, 2.24) is 10.2 Å². The number of rotatable bonds is 8. The largest absolute Gasteiger partial charge is 0.460 e. The number of piperidine rings is 1. The van der Waals surface area contributed by atoms with E-state index in [0.29, 0.717) is 18.4 Å². The van der Waals surface area contributed by atoms with E-state index in [1.165, 1.54) is 6.92 Å². The zero-order chi connectivity index (χ0) is 19.9. The monoisotopic (exact) mass is 366 g/mol. The van der Waals surface area contributed by atoms with Crippen LogP contribution in [0.15, 0.2) is 24.3 Å². The molecule has 0 atom stereocenters. The Bertz CT molecular complexity index is 623. The van der Waals surface area contributed by atoms with Crippen LogP contribution in [0.5, 0.6) is 0 Å². The molecule has 1 N–H and O–H groups in total. The zero-order valence-corrected chi connectivity index (χ0v) is 15.6. The second kappa shape index (κ2) is 9.17. The van der Waals surface area contributed by atoms with Crippen molar-refractivity contribution in [2.45, 2.75) is 33.6 Å². The van der Waals surface area contributed by atoms with Crippen molar-refractivity contribution in [3.8, 4) is 0 Å². The number of hydrogen-bond donors (Lipinski definition) is 1. The van der Waals surface area contributed by atoms with E-state index in [4.69, 9.17) is 9.47 Å². The van der Waals surface area contributed by atoms with Crippen LogP contribution in [0, 0.1) is 5.41 Å². The first-order valence-electron chi connectivity index (χ1n) is 8.33. The number of ether oxygens (including phenoxy) is 2. The highest BCUT2D eigenvalue weighted by Gasteiger charge is 2.41. The molecule has 1 aliphatic heterocycles. The van der Waals surface area contributed by atoms with Crippen molar-refractivity contribution in [3.63, 3.8) is 0 Å². The first kappa shape index (κ1) is 21.4. The van der Waals surface area contributed by atoms with Gasteiger partial charge >= 0.3 is 12.1 Å². The lowest BCUT2D eigenvalue weighted by Crippen LogP contribution is -2.50. The van der Waals surface area contributed by atoms with Gasteiger partial charge in [-0.2, -0.15) is 0 Å². The Hall–Kier alpha value is -2.64. The molecule has 0 radical (unpaired) electrons. The molecule has 0 aromatic carbocycles. The molecule has 0 saturated carbocycles. The molecule has 26 heavy (non-hydrogen) atoms. The van der Waals surface area contributed by atoms with E-state index in [1.54, 1.807) is 13.8 Å². The molecule has 1 saturated heterocycles. The average Bonchev–Trinajstić information content (AvgIpc) is 2.55. The van der Waals surface area contributed by atoms with Crippen molar-refractivity contribution >= 4 is 23.9 Å². The summed E-state index contributed by atoms with van der Waals surface area (Å²) in [5.74, 6) is -1.16. The SMILES string of the molecule is C=C(C)C(=O)OCCNC(=O)OCCCN1C(=O)C(=C)CC(C)(C)C1=O. The fraction of sp³-hybridized carbons (Fsp3) is 0.556. The third-order valence-electron chi connectivity index (χ3n) is 3.74. The quantitative estimate of drug-likeness (QED) is 0.303. The topological polar surface area (TPSA) is 102 Å². The van der Waals surface area contributed by atoms with Crippen LogP contribution in [0.3, 0.4) is 0 Å². The maximum Gasteiger partial charge on any atom is 0.407 e. The molecule has 0 spiro atoms. The Morgan fingerprint density at radius 3 is 2.50 bits per heavy atom. The Morgan fingerprint density at radius 1 is 1.23 bits per heavy atom. The van der Waals surface area contributed by atoms with Gasteiger partial charge in [0.05, 0.1) is 13.2 Å². The van der Waals surface area contributed by atoms with Crippen LogP contribution < -0.4 is 5.32 Å². The van der Waals surface area contributed by atoms with Gasteiger partial charge in [0.2, 0.25) is 5.91 Å². The average molecular weight is 366 g/mol. The van der Waals surface area contributed by atoms with Crippen LogP contribution in [0.4, 0.5) is 4.79 Å². The molecule has 3 amide bonds. The Kier molecular flexibility index (Phi) is 7.55. The molecule has 1 aliphatic rings. The number of likely N-dealkylation sites (tertiary alicyclic amines) is 1. The van der Waals surface area contributed by atoms with Gasteiger partial charge in [0.1, 0.15) is 6.61 Å². The number of esters is 1. The predicted octanol–water partition coefficient (Wildman–Crippen LogP) is 1.56. The van der Waals surface area contributed by atoms with E-state index >= 15 is 0 Å². The number of alkyl carbamates (subject to hydrolysis) is 1. The fourth-order valence-electron chi connectivity index (χ4n) is 2.39. The highest BCUT2D eigenvalue weighted by molar-refractivity contribution is 6.08. The van der Waals surface area contributed by atoms with Gasteiger partial charge in [0.15, 0.2) is 0 Å². The van der Waals surface area contributed by atoms with Gasteiger partial charge in [0, 0.05) is 23.1 Å². The molecule has 8 heteroatoms. The number of nitrogens with one attached hydrogen (secondary N) is 1. The third-order valence-corrected chi connectivity index (χ3v) is 3.74. The second-order valence-corrected chi connectivity index (χ2v) is 6.76. The molecular weight excluding hydrogens is 340 g/mol. The molecule has 0 unspecified atom stereocenters. The molecule has 0 aromatic rings. The van der Waals surface area contributed by atoms with E-state index in [0.717, 1.165) is 4.90 Å². The van der Waals surface area contributed by atoms with E-state index < -0.39 is 17.5 Å². The number of nitrogens with zero attached hydrogens (tertiary/aromatic N) is 1. The lowest BCUT2D eigenvalue weighted by Gasteiger charge is -2.36. The minimum absolute atomic E-state index is 0.00870. The standard InChI is InChI=1S/C18H26N2O6/c1-12(2)15(22)25-10-7-19-17(24)26-9-6-8-20-14(21)13(3)11-18(4,5)16(20)23/h1,3,6-11H2,2,4-5H3,(H,19,24). The summed E-state index contributed by atoms with van der Waals surface area (Å²) in [6.07, 6.45) is -0.00743. The Labute approximate surface area is 153 Å². The van der Waals surface area contributed by atoms with Crippen molar-refractivity contribution in [2.24, 2.45) is 5.41 Å². The molecular formula is C18H26N2O6. The van der Waals surface area contributed by atoms with Gasteiger partial charge in [-0.15, -0.1) is 0 Å². The van der Waals surface area contributed by atoms with Gasteiger partial charge in [-0.25, -0.2) is 9.59 Å². The van der Waals surface area contributed by atoms with Gasteiger partial charge in [-0.3, -0.25) is 14.5 Å². The van der Waals surface area contributed by atoms with E-state index in [9.17, 15) is 19.2 Å². The lowest BCUT2D eigenvalue weighted by atomic mass is 9.80. The summed E-state index contributed by atoms with van der Waals surface area (Å²) in [6.45, 7) is 12.5. The molecule has 0 aromatic heterocycles. The molecule has 0 aliphatic carbocycles. The first-order chi connectivity index (χ1) is 12.1. The van der Waals surface area contributed by atoms with Gasteiger partial charge in [0.25, 0.3) is 5.91 Å². The van der Waals surface area contributed by atoms with Gasteiger partial charge in [-0.1, -0.05) is 27.0 Å². The van der Waals surface area contributed by atoms with Crippen molar-refractivity contribution in [2.75, 3.05) is 26.3 Å². The molecule has 1 heterocycles. The van der Waals surface area contributed by atoms with Crippen molar-refractivity contribution < 1.29 is 28.7 Å². The highest BCUT2D eigenvalue weighted by Crippen LogP contribution is 2.33. The predicted molar refractivity (Wildman–Crippen MR) is 94.0 cm³/mol. The van der Waals surface area contributed by atoms with E-state index in [1.807, 2.05) is 0 Å². The van der Waals surface area contributed by atoms with Crippen LogP contribution >= 0.6 is 0 Å². The summed E-state index contributed by atoms with van der Waals surface area (Å²) in [7, 11) is 0. The van der Waals surface area contributed by atoms with E-state index in [-0.39, 0.29) is 43.7 Å². The van der Waals surface area contributed by atoms with Crippen LogP contribution in [0.1, 0.15) is 33.6 Å². The lowest BCUT2D eigenvalue weighted by molar-refractivity contribution is -0.152. The number of carbonyl (C=O) groups excluding carboxylic acids is 4. The molecule has 144 valence electrons. The normalized spacial score (nSPS) is 16.3. The van der Waals surface area contributed by atoms with Crippen molar-refractivity contribution in [3.05, 3.63) is 24.3 Å². The van der Waals surface area contributed by atoms with Crippen LogP contribution in [0.25, 0.3) is 0 Å². The smallest absolute Gasteiger partial charge is 0.407 e. The van der Waals surface area contributed by atoms with Crippen LogP contribution in [-0.2, 0) is 23.9 Å². The first-order valence-corrected chi connectivity index (χ1v) is 8.33. The molecule has 1 fully saturated rings. The highest BCUT2D eigenvalue weighted by atomic mass is 16.6. The third kappa shape index (κ3) is 6.02. The number of carbonyl (C=O) groups is 4. The van der Waals surface area contributed by atoms with Crippen molar-refractivity contribution in [1.29, 1.82) is 0 Å². The summed E-state index contributed by atoms with van der Waals surface area (Å²) in [6, 6.07) is 0. The summed E-state index contributed by atoms with van der Waals surface area (Å²) < 4.78 is 9.77. The van der Waals surface area contributed by atoms with Gasteiger partial charge in [-0.05, 0) is 19.8 Å². The molecule has 0 bridgehead atoms. The minimum atomic E-state index is -0.669. The van der Waals surface area contributed by atoms with Gasteiger partial charge < -0.3 is 14.8 Å². The summed E-state index contributed by atoms with van der Waals surface area (Å²) in [5.41, 5.74) is 0.0163. The van der Waals surface area contributed by atoms with E-state index in [2.05, 4.69) is 18.5 Å². The number of hydrogen-bond acceptors (Lipinski definition) is 6. The maximum atomic E-state index is 12.3. The fourth-order valence-corrected chi connectivity index (χ4v) is 2.39. The summed E-state index contributed by atoms with van der Waals surface area (Å²) >= 11 is 0. The Balaban J connectivity index is 2.27. The number of amides is 3. The maximum absolute atomic E-state index is 12.3.